The van der Waals surface area contributed by atoms with Crippen LogP contribution in [-0.4, -0.2) is 30.3 Å². The quantitative estimate of drug-likeness (QED) is 0.713. The molecule has 8 heteroatoms. The molecule has 102 valence electrons. The Bertz CT molecular complexity index is 258. The first-order chi connectivity index (χ1) is 7.55. The average molecular weight is 266 g/mol. The molecule has 0 bridgehead atoms. The summed E-state index contributed by atoms with van der Waals surface area (Å²) in [7, 11) is 0. The van der Waals surface area contributed by atoms with Crippen molar-refractivity contribution >= 4 is 0 Å². The van der Waals surface area contributed by atoms with Crippen LogP contribution in [0.4, 0.5) is 26.3 Å². The molecule has 0 aliphatic carbocycles. The molecule has 0 aromatic rings. The normalized spacial score (nSPS) is 29.6. The molecule has 2 nitrogen and oxygen atoms in total. The minimum Gasteiger partial charge on any atom is -0.330 e. The molecule has 0 saturated carbocycles. The predicted molar refractivity (Wildman–Crippen MR) is 45.2 cm³/mol. The highest BCUT2D eigenvalue weighted by atomic mass is 19.4. The van der Waals surface area contributed by atoms with Gasteiger partial charge in [-0.05, 0) is 13.3 Å². The summed E-state index contributed by atoms with van der Waals surface area (Å²) in [6.07, 6.45) is -13.3. The zero-order valence-electron chi connectivity index (χ0n) is 9.15. The smallest absolute Gasteiger partial charge is 0.330 e. The average Bonchev–Trinajstić information content (AvgIpc) is 2.43. The van der Waals surface area contributed by atoms with Crippen molar-refractivity contribution in [2.75, 3.05) is 0 Å². The summed E-state index contributed by atoms with van der Waals surface area (Å²) >= 11 is 0. The van der Waals surface area contributed by atoms with Crippen LogP contribution in [0.5, 0.6) is 0 Å². The van der Waals surface area contributed by atoms with Crippen LogP contribution in [0.15, 0.2) is 0 Å². The van der Waals surface area contributed by atoms with Crippen LogP contribution in [0, 0.1) is 0 Å². The van der Waals surface area contributed by atoms with Crippen LogP contribution in [0.2, 0.25) is 0 Å². The molecule has 2 atom stereocenters. The highest BCUT2D eigenvalue weighted by Gasteiger charge is 2.78. The first-order valence-electron chi connectivity index (χ1n) is 5.04. The van der Waals surface area contributed by atoms with Gasteiger partial charge in [0, 0.05) is 0 Å². The molecule has 1 heterocycles. The van der Waals surface area contributed by atoms with E-state index in [9.17, 15) is 26.3 Å². The van der Waals surface area contributed by atoms with Gasteiger partial charge < -0.3 is 9.47 Å². The zero-order chi connectivity index (χ0) is 13.5. The fraction of sp³-hybridized carbons (Fsp3) is 1.00. The Hall–Kier alpha value is -0.500. The lowest BCUT2D eigenvalue weighted by Crippen LogP contribution is -2.58. The molecule has 1 aliphatic rings. The molecule has 1 fully saturated rings. The van der Waals surface area contributed by atoms with Crippen molar-refractivity contribution in [1.82, 2.24) is 0 Å². The Morgan fingerprint density at radius 2 is 1.47 bits per heavy atom. The lowest BCUT2D eigenvalue weighted by atomic mass is 10.1. The lowest BCUT2D eigenvalue weighted by Gasteiger charge is -2.31. The van der Waals surface area contributed by atoms with Crippen LogP contribution in [0.25, 0.3) is 0 Å². The third kappa shape index (κ3) is 2.37. The summed E-state index contributed by atoms with van der Waals surface area (Å²) in [6.45, 7) is 2.77. The van der Waals surface area contributed by atoms with E-state index in [1.165, 1.54) is 0 Å². The van der Waals surface area contributed by atoms with Gasteiger partial charge >= 0.3 is 18.1 Å². The van der Waals surface area contributed by atoms with E-state index in [1.807, 2.05) is 0 Å². The molecule has 0 aromatic heterocycles. The summed E-state index contributed by atoms with van der Waals surface area (Å²) in [5.74, 6) is -4.49. The minimum absolute atomic E-state index is 0.0784. The predicted octanol–water partition coefficient (Wildman–Crippen LogP) is 3.41. The van der Waals surface area contributed by atoms with Gasteiger partial charge in [0.2, 0.25) is 0 Å². The Morgan fingerprint density at radius 1 is 1.00 bits per heavy atom. The van der Waals surface area contributed by atoms with Crippen LogP contribution in [0.1, 0.15) is 26.7 Å². The van der Waals surface area contributed by atoms with Gasteiger partial charge in [-0.3, -0.25) is 0 Å². The molecular weight excluding hydrogens is 254 g/mol. The van der Waals surface area contributed by atoms with Crippen molar-refractivity contribution in [3.63, 3.8) is 0 Å². The van der Waals surface area contributed by atoms with Crippen LogP contribution in [-0.2, 0) is 9.47 Å². The summed E-state index contributed by atoms with van der Waals surface area (Å²) in [4.78, 5) is 0. The molecule has 1 rings (SSSR count). The van der Waals surface area contributed by atoms with Crippen molar-refractivity contribution in [1.29, 1.82) is 0 Å². The second-order valence-electron chi connectivity index (χ2n) is 3.88. The van der Waals surface area contributed by atoms with Gasteiger partial charge in [0.25, 0.3) is 0 Å². The second kappa shape index (κ2) is 4.31. The summed E-state index contributed by atoms with van der Waals surface area (Å²) < 4.78 is 83.4. The summed E-state index contributed by atoms with van der Waals surface area (Å²) in [5, 5.41) is 0. The monoisotopic (exact) mass is 266 g/mol. The van der Waals surface area contributed by atoms with E-state index in [0.717, 1.165) is 6.92 Å². The van der Waals surface area contributed by atoms with E-state index in [0.29, 0.717) is 6.42 Å². The van der Waals surface area contributed by atoms with Gasteiger partial charge in [-0.25, -0.2) is 0 Å². The molecule has 1 aliphatic heterocycles. The molecule has 0 N–H and O–H groups in total. The highest BCUT2D eigenvalue weighted by molar-refractivity contribution is 4.94. The van der Waals surface area contributed by atoms with Crippen molar-refractivity contribution < 1.29 is 35.8 Å². The molecule has 1 saturated heterocycles. The number of hydrogen-bond acceptors (Lipinski definition) is 2. The number of rotatable bonds is 2. The van der Waals surface area contributed by atoms with E-state index in [4.69, 9.17) is 0 Å². The number of hydrogen-bond donors (Lipinski definition) is 0. The molecule has 2 unspecified atom stereocenters. The van der Waals surface area contributed by atoms with E-state index in [-0.39, 0.29) is 6.42 Å². The zero-order valence-corrected chi connectivity index (χ0v) is 9.15. The first kappa shape index (κ1) is 14.6. The second-order valence-corrected chi connectivity index (χ2v) is 3.88. The first-order valence-corrected chi connectivity index (χ1v) is 5.04. The number of ether oxygens (including phenoxy) is 2. The van der Waals surface area contributed by atoms with Crippen molar-refractivity contribution in [3.05, 3.63) is 0 Å². The maximum atomic E-state index is 12.5. The maximum absolute atomic E-state index is 12.5. The lowest BCUT2D eigenvalue weighted by molar-refractivity contribution is -0.445. The summed E-state index contributed by atoms with van der Waals surface area (Å²) in [6, 6.07) is 0. The van der Waals surface area contributed by atoms with Gasteiger partial charge in [-0.2, -0.15) is 26.3 Å². The van der Waals surface area contributed by atoms with E-state index < -0.39 is 30.3 Å². The van der Waals surface area contributed by atoms with Gasteiger partial charge in [0.1, 0.15) is 0 Å². The van der Waals surface area contributed by atoms with Gasteiger partial charge in [0.05, 0.1) is 12.2 Å². The maximum Gasteiger partial charge on any atom is 0.453 e. The van der Waals surface area contributed by atoms with Gasteiger partial charge in [-0.15, -0.1) is 0 Å². The van der Waals surface area contributed by atoms with Crippen molar-refractivity contribution in [2.24, 2.45) is 0 Å². The fourth-order valence-corrected chi connectivity index (χ4v) is 1.68. The van der Waals surface area contributed by atoms with E-state index >= 15 is 0 Å². The van der Waals surface area contributed by atoms with Crippen LogP contribution in [0.3, 0.4) is 0 Å². The largest absolute Gasteiger partial charge is 0.453 e. The Labute approximate surface area is 93.9 Å². The standard InChI is InChI=1S/C9H12F6O2/c1-3-4-6-5(2)16-7(17-6,8(10,11)12)9(13,14)15/h5-6H,3-4H2,1-2H3. The molecule has 17 heavy (non-hydrogen) atoms. The van der Waals surface area contributed by atoms with E-state index in [1.54, 1.807) is 6.92 Å². The number of halogens is 6. The minimum atomic E-state index is -5.65. The topological polar surface area (TPSA) is 18.5 Å². The highest BCUT2D eigenvalue weighted by Crippen LogP contribution is 2.51. The molecule has 0 spiro atoms. The third-order valence-corrected chi connectivity index (χ3v) is 2.51. The molecule has 0 radical (unpaired) electrons. The van der Waals surface area contributed by atoms with Crippen molar-refractivity contribution in [2.45, 2.75) is 57.0 Å². The van der Waals surface area contributed by atoms with Gasteiger partial charge in [0.15, 0.2) is 0 Å². The molecule has 0 aromatic carbocycles. The Kier molecular flexibility index (Phi) is 3.69. The number of alkyl halides is 6. The molecular formula is C9H12F6O2. The third-order valence-electron chi connectivity index (χ3n) is 2.51. The fourth-order valence-electron chi connectivity index (χ4n) is 1.68. The van der Waals surface area contributed by atoms with Gasteiger partial charge in [-0.1, -0.05) is 13.3 Å². The van der Waals surface area contributed by atoms with Crippen LogP contribution >= 0.6 is 0 Å². The molecule has 0 amide bonds. The van der Waals surface area contributed by atoms with Crippen LogP contribution < -0.4 is 0 Å². The Balaban J connectivity index is 3.05. The van der Waals surface area contributed by atoms with Crippen molar-refractivity contribution in [3.8, 4) is 0 Å². The summed E-state index contributed by atoms with van der Waals surface area (Å²) in [5.41, 5.74) is 0. The van der Waals surface area contributed by atoms with E-state index in [2.05, 4.69) is 9.47 Å². The SMILES string of the molecule is CCCC1OC(C(F)(F)F)(C(F)(F)F)OC1C. The Morgan fingerprint density at radius 3 is 1.76 bits per heavy atom.